The van der Waals surface area contributed by atoms with Crippen molar-refractivity contribution < 1.29 is 14.7 Å². The number of rotatable bonds is 4. The summed E-state index contributed by atoms with van der Waals surface area (Å²) in [6.45, 7) is 0.361. The molecular weight excluding hydrogens is 496 g/mol. The summed E-state index contributed by atoms with van der Waals surface area (Å²) in [6.07, 6.45) is 0. The Bertz CT molecular complexity index is 684. The number of carbonyl (C=O) groups is 2. The number of hydrogen-bond acceptors (Lipinski definition) is 2. The van der Waals surface area contributed by atoms with Crippen LogP contribution in [0.2, 0.25) is 0 Å². The van der Waals surface area contributed by atoms with Gasteiger partial charge in [0.2, 0.25) is 0 Å². The van der Waals surface area contributed by atoms with Gasteiger partial charge in [-0.2, -0.15) is 0 Å². The molecule has 0 aliphatic rings. The lowest BCUT2D eigenvalue weighted by molar-refractivity contribution is 0.0696. The van der Waals surface area contributed by atoms with Crippen molar-refractivity contribution in [1.82, 2.24) is 5.32 Å². The first-order valence-corrected chi connectivity index (χ1v) is 8.18. The third-order valence-electron chi connectivity index (χ3n) is 2.83. The molecule has 0 heterocycles. The van der Waals surface area contributed by atoms with Gasteiger partial charge in [-0.1, -0.05) is 12.1 Å². The first-order chi connectivity index (χ1) is 9.97. The van der Waals surface area contributed by atoms with Gasteiger partial charge in [-0.3, -0.25) is 4.79 Å². The van der Waals surface area contributed by atoms with Gasteiger partial charge in [0.15, 0.2) is 0 Å². The predicted molar refractivity (Wildman–Crippen MR) is 96.4 cm³/mol. The van der Waals surface area contributed by atoms with Gasteiger partial charge in [0.05, 0.1) is 11.1 Å². The van der Waals surface area contributed by atoms with Crippen molar-refractivity contribution in [2.45, 2.75) is 6.54 Å². The summed E-state index contributed by atoms with van der Waals surface area (Å²) in [5.74, 6) is -1.10. The quantitative estimate of drug-likeness (QED) is 0.623. The molecule has 0 atom stereocenters. The second kappa shape index (κ2) is 7.21. The lowest BCUT2D eigenvalue weighted by Gasteiger charge is -2.08. The highest BCUT2D eigenvalue weighted by Gasteiger charge is 2.10. The monoisotopic (exact) mass is 507 g/mol. The highest BCUT2D eigenvalue weighted by molar-refractivity contribution is 14.1. The molecule has 0 saturated carbocycles. The Morgan fingerprint density at radius 1 is 1.05 bits per heavy atom. The van der Waals surface area contributed by atoms with E-state index in [0.29, 0.717) is 12.1 Å². The second-order valence-electron chi connectivity index (χ2n) is 4.31. The van der Waals surface area contributed by atoms with Crippen LogP contribution in [-0.2, 0) is 6.54 Å². The highest BCUT2D eigenvalue weighted by atomic mass is 127. The maximum atomic E-state index is 12.2. The smallest absolute Gasteiger partial charge is 0.335 e. The zero-order valence-electron chi connectivity index (χ0n) is 10.8. The van der Waals surface area contributed by atoms with Gasteiger partial charge in [0.1, 0.15) is 0 Å². The van der Waals surface area contributed by atoms with Crippen LogP contribution in [0.3, 0.4) is 0 Å². The number of carbonyl (C=O) groups excluding carboxylic acids is 1. The fourth-order valence-corrected chi connectivity index (χ4v) is 2.79. The number of carboxylic acid groups (broad SMARTS) is 1. The summed E-state index contributed by atoms with van der Waals surface area (Å²) in [7, 11) is 0. The Balaban J connectivity index is 2.04. The van der Waals surface area contributed by atoms with Gasteiger partial charge in [-0.05, 0) is 81.1 Å². The molecule has 0 aliphatic heterocycles. The van der Waals surface area contributed by atoms with E-state index < -0.39 is 5.97 Å². The number of amides is 1. The van der Waals surface area contributed by atoms with E-state index in [0.717, 1.165) is 12.7 Å². The third kappa shape index (κ3) is 4.40. The fraction of sp³-hybridized carbons (Fsp3) is 0.0667. The van der Waals surface area contributed by atoms with Crippen LogP contribution in [0.25, 0.3) is 0 Å². The number of halogens is 2. The molecule has 2 aromatic rings. The van der Waals surface area contributed by atoms with Crippen molar-refractivity contribution in [3.8, 4) is 0 Å². The highest BCUT2D eigenvalue weighted by Crippen LogP contribution is 2.16. The Morgan fingerprint density at radius 2 is 1.71 bits per heavy atom. The molecule has 0 radical (unpaired) electrons. The van der Waals surface area contributed by atoms with Gasteiger partial charge in [-0.15, -0.1) is 0 Å². The van der Waals surface area contributed by atoms with Crippen LogP contribution in [0.5, 0.6) is 0 Å². The minimum absolute atomic E-state index is 0.139. The summed E-state index contributed by atoms with van der Waals surface area (Å²) < 4.78 is 1.90. The lowest BCUT2D eigenvalue weighted by Crippen LogP contribution is -2.23. The van der Waals surface area contributed by atoms with Gasteiger partial charge < -0.3 is 10.4 Å². The van der Waals surface area contributed by atoms with E-state index in [1.54, 1.807) is 12.1 Å². The molecule has 0 unspecified atom stereocenters. The predicted octanol–water partition coefficient (Wildman–Crippen LogP) is 3.52. The molecule has 2 rings (SSSR count). The van der Waals surface area contributed by atoms with Crippen molar-refractivity contribution in [3.63, 3.8) is 0 Å². The first-order valence-electron chi connectivity index (χ1n) is 6.03. The van der Waals surface area contributed by atoms with Crippen molar-refractivity contribution >= 4 is 57.1 Å². The molecule has 0 aromatic heterocycles. The van der Waals surface area contributed by atoms with E-state index in [9.17, 15) is 9.59 Å². The van der Waals surface area contributed by atoms with Crippen molar-refractivity contribution in [2.24, 2.45) is 0 Å². The molecule has 0 aliphatic carbocycles. The fourth-order valence-electron chi connectivity index (χ4n) is 1.71. The topological polar surface area (TPSA) is 66.4 Å². The average Bonchev–Trinajstić information content (AvgIpc) is 2.47. The molecule has 0 bridgehead atoms. The van der Waals surface area contributed by atoms with Crippen LogP contribution in [0.4, 0.5) is 0 Å². The van der Waals surface area contributed by atoms with Crippen molar-refractivity contribution in [2.75, 3.05) is 0 Å². The Labute approximate surface area is 149 Å². The van der Waals surface area contributed by atoms with Gasteiger partial charge in [0, 0.05) is 13.7 Å². The van der Waals surface area contributed by atoms with Gasteiger partial charge in [-0.25, -0.2) is 4.79 Å². The molecule has 0 spiro atoms. The van der Waals surface area contributed by atoms with E-state index in [1.807, 2.05) is 18.2 Å². The maximum Gasteiger partial charge on any atom is 0.335 e. The summed E-state index contributed by atoms with van der Waals surface area (Å²) >= 11 is 4.29. The minimum atomic E-state index is -0.959. The largest absolute Gasteiger partial charge is 0.478 e. The summed E-state index contributed by atoms with van der Waals surface area (Å²) in [6, 6.07) is 12.1. The third-order valence-corrected chi connectivity index (χ3v) is 4.44. The van der Waals surface area contributed by atoms with Crippen LogP contribution in [-0.4, -0.2) is 17.0 Å². The zero-order chi connectivity index (χ0) is 15.4. The zero-order valence-corrected chi connectivity index (χ0v) is 15.1. The maximum absolute atomic E-state index is 12.2. The molecule has 0 fully saturated rings. The first kappa shape index (κ1) is 16.2. The molecule has 6 heteroatoms. The van der Waals surface area contributed by atoms with Crippen LogP contribution in [0.1, 0.15) is 26.3 Å². The Kier molecular flexibility index (Phi) is 5.57. The van der Waals surface area contributed by atoms with Crippen LogP contribution >= 0.6 is 45.2 Å². The number of carboxylic acids is 1. The summed E-state index contributed by atoms with van der Waals surface area (Å²) in [5.41, 5.74) is 1.73. The average molecular weight is 507 g/mol. The van der Waals surface area contributed by atoms with Crippen LogP contribution < -0.4 is 5.32 Å². The van der Waals surface area contributed by atoms with Crippen molar-refractivity contribution in [3.05, 3.63) is 66.3 Å². The molecule has 0 saturated heterocycles. The van der Waals surface area contributed by atoms with E-state index in [4.69, 9.17) is 5.11 Å². The van der Waals surface area contributed by atoms with E-state index in [-0.39, 0.29) is 11.5 Å². The number of aromatic carboxylic acids is 1. The number of nitrogens with one attached hydrogen (secondary N) is 1. The molecule has 108 valence electrons. The summed E-state index contributed by atoms with van der Waals surface area (Å²) in [5, 5.41) is 11.7. The number of benzene rings is 2. The summed E-state index contributed by atoms with van der Waals surface area (Å²) in [4.78, 5) is 22.9. The van der Waals surface area contributed by atoms with Gasteiger partial charge >= 0.3 is 5.97 Å². The molecule has 2 aromatic carbocycles. The Hall–Kier alpha value is -1.16. The standard InChI is InChI=1S/C15H11I2NO3/c16-11-5-6-13(17)12(7-11)14(19)18-8-9-1-3-10(4-2-9)15(20)21/h1-7H,8H2,(H,18,19)(H,20,21). The Morgan fingerprint density at radius 3 is 2.33 bits per heavy atom. The van der Waals surface area contributed by atoms with E-state index >= 15 is 0 Å². The van der Waals surface area contributed by atoms with E-state index in [2.05, 4.69) is 50.5 Å². The molecule has 1 amide bonds. The molecule has 4 nitrogen and oxygen atoms in total. The van der Waals surface area contributed by atoms with Crippen LogP contribution in [0, 0.1) is 7.14 Å². The van der Waals surface area contributed by atoms with Gasteiger partial charge in [0.25, 0.3) is 5.91 Å². The molecular formula is C15H11I2NO3. The lowest BCUT2D eigenvalue weighted by atomic mass is 10.1. The number of hydrogen-bond donors (Lipinski definition) is 2. The van der Waals surface area contributed by atoms with Crippen molar-refractivity contribution in [1.29, 1.82) is 0 Å². The SMILES string of the molecule is O=C(O)c1ccc(CNC(=O)c2cc(I)ccc2I)cc1. The second-order valence-corrected chi connectivity index (χ2v) is 6.72. The van der Waals surface area contributed by atoms with E-state index in [1.165, 1.54) is 12.1 Å². The molecule has 21 heavy (non-hydrogen) atoms. The normalized spacial score (nSPS) is 10.2. The molecule has 2 N–H and O–H groups in total. The van der Waals surface area contributed by atoms with Crippen LogP contribution in [0.15, 0.2) is 42.5 Å². The minimum Gasteiger partial charge on any atom is -0.478 e.